The first kappa shape index (κ1) is 14.2. The van der Waals surface area contributed by atoms with Crippen molar-refractivity contribution in [2.24, 2.45) is 0 Å². The SMILES string of the molecule is Nc1ccc(Nc2ccnc3[nH]cc(C(F)(F)F)c23)cc1F. The fourth-order valence-electron chi connectivity index (χ4n) is 2.14. The zero-order valence-electron chi connectivity index (χ0n) is 11.0. The third-order valence-electron chi connectivity index (χ3n) is 3.16. The lowest BCUT2D eigenvalue weighted by Gasteiger charge is -2.11. The Labute approximate surface area is 122 Å². The number of anilines is 3. The lowest BCUT2D eigenvalue weighted by molar-refractivity contribution is -0.136. The van der Waals surface area contributed by atoms with Gasteiger partial charge in [0.15, 0.2) is 0 Å². The van der Waals surface area contributed by atoms with Crippen LogP contribution in [0.2, 0.25) is 0 Å². The lowest BCUT2D eigenvalue weighted by atomic mass is 10.1. The van der Waals surface area contributed by atoms with Crippen molar-refractivity contribution in [2.75, 3.05) is 11.1 Å². The Morgan fingerprint density at radius 1 is 1.18 bits per heavy atom. The molecule has 0 atom stereocenters. The van der Waals surface area contributed by atoms with Crippen molar-refractivity contribution < 1.29 is 17.6 Å². The Balaban J connectivity index is 2.10. The van der Waals surface area contributed by atoms with Crippen LogP contribution in [-0.2, 0) is 6.18 Å². The molecule has 0 unspecified atom stereocenters. The van der Waals surface area contributed by atoms with E-state index in [2.05, 4.69) is 15.3 Å². The second-order valence-electron chi connectivity index (χ2n) is 4.64. The molecule has 4 nitrogen and oxygen atoms in total. The number of nitrogen functional groups attached to an aromatic ring is 1. The number of nitrogens with two attached hydrogens (primary N) is 1. The molecule has 3 rings (SSSR count). The number of alkyl halides is 3. The fourth-order valence-corrected chi connectivity index (χ4v) is 2.14. The van der Waals surface area contributed by atoms with E-state index in [0.29, 0.717) is 0 Å². The third-order valence-corrected chi connectivity index (χ3v) is 3.16. The summed E-state index contributed by atoms with van der Waals surface area (Å²) in [6.45, 7) is 0. The normalized spacial score (nSPS) is 11.8. The average Bonchev–Trinajstić information content (AvgIpc) is 2.88. The highest BCUT2D eigenvalue weighted by molar-refractivity contribution is 5.94. The number of nitrogens with one attached hydrogen (secondary N) is 2. The van der Waals surface area contributed by atoms with Crippen LogP contribution in [0, 0.1) is 5.82 Å². The summed E-state index contributed by atoms with van der Waals surface area (Å²) in [5.74, 6) is -0.652. The summed E-state index contributed by atoms with van der Waals surface area (Å²) >= 11 is 0. The van der Waals surface area contributed by atoms with E-state index >= 15 is 0 Å². The Hall–Kier alpha value is -2.77. The Bertz CT molecular complexity index is 838. The summed E-state index contributed by atoms with van der Waals surface area (Å²) in [7, 11) is 0. The summed E-state index contributed by atoms with van der Waals surface area (Å²) in [6, 6.07) is 5.31. The lowest BCUT2D eigenvalue weighted by Crippen LogP contribution is -2.05. The van der Waals surface area contributed by atoms with Crippen LogP contribution in [-0.4, -0.2) is 9.97 Å². The first-order valence-corrected chi connectivity index (χ1v) is 6.21. The highest BCUT2D eigenvalue weighted by atomic mass is 19.4. The molecule has 0 amide bonds. The van der Waals surface area contributed by atoms with Gasteiger partial charge in [-0.25, -0.2) is 9.37 Å². The highest BCUT2D eigenvalue weighted by Gasteiger charge is 2.34. The number of aromatic amines is 1. The molecule has 0 radical (unpaired) electrons. The van der Waals surface area contributed by atoms with E-state index in [1.165, 1.54) is 24.4 Å². The number of benzene rings is 1. The quantitative estimate of drug-likeness (QED) is 0.494. The summed E-state index contributed by atoms with van der Waals surface area (Å²) in [5.41, 5.74) is 5.04. The van der Waals surface area contributed by atoms with Gasteiger partial charge < -0.3 is 16.0 Å². The van der Waals surface area contributed by atoms with Crippen molar-refractivity contribution in [1.29, 1.82) is 0 Å². The number of hydrogen-bond acceptors (Lipinski definition) is 3. The summed E-state index contributed by atoms with van der Waals surface area (Å²) in [5, 5.41) is 2.65. The van der Waals surface area contributed by atoms with E-state index in [4.69, 9.17) is 5.73 Å². The van der Waals surface area contributed by atoms with Crippen LogP contribution in [0.25, 0.3) is 11.0 Å². The van der Waals surface area contributed by atoms with E-state index < -0.39 is 17.6 Å². The zero-order chi connectivity index (χ0) is 15.9. The van der Waals surface area contributed by atoms with Crippen LogP contribution < -0.4 is 11.1 Å². The summed E-state index contributed by atoms with van der Waals surface area (Å²) in [4.78, 5) is 6.34. The molecule has 0 fully saturated rings. The number of H-pyrrole nitrogens is 1. The smallest absolute Gasteiger partial charge is 0.396 e. The molecule has 0 aliphatic carbocycles. The van der Waals surface area contributed by atoms with Gasteiger partial charge >= 0.3 is 6.18 Å². The number of fused-ring (bicyclic) bond motifs is 1. The Morgan fingerprint density at radius 2 is 1.95 bits per heavy atom. The van der Waals surface area contributed by atoms with Crippen molar-refractivity contribution in [3.8, 4) is 0 Å². The number of pyridine rings is 1. The van der Waals surface area contributed by atoms with Crippen LogP contribution in [0.1, 0.15) is 5.56 Å². The summed E-state index contributed by atoms with van der Waals surface area (Å²) in [6.07, 6.45) is -2.31. The van der Waals surface area contributed by atoms with Gasteiger partial charge in [-0.05, 0) is 24.3 Å². The standard InChI is InChI=1S/C14H10F4N4/c15-9-5-7(1-2-10(9)19)22-11-3-4-20-13-12(11)8(6-21-13)14(16,17)18/h1-6H,19H2,(H2,20,21,22). The van der Waals surface area contributed by atoms with Gasteiger partial charge in [0.1, 0.15) is 11.5 Å². The van der Waals surface area contributed by atoms with Crippen LogP contribution in [0.15, 0.2) is 36.7 Å². The largest absolute Gasteiger partial charge is 0.418 e. The molecule has 4 N–H and O–H groups in total. The van der Waals surface area contributed by atoms with Crippen LogP contribution in [0.5, 0.6) is 0 Å². The monoisotopic (exact) mass is 310 g/mol. The first-order valence-electron chi connectivity index (χ1n) is 6.21. The number of aromatic nitrogens is 2. The number of rotatable bonds is 2. The second kappa shape index (κ2) is 4.90. The van der Waals surface area contributed by atoms with Crippen LogP contribution >= 0.6 is 0 Å². The molecule has 0 bridgehead atoms. The minimum atomic E-state index is -4.52. The predicted molar refractivity (Wildman–Crippen MR) is 75.2 cm³/mol. The van der Waals surface area contributed by atoms with Crippen molar-refractivity contribution in [3.63, 3.8) is 0 Å². The maximum absolute atomic E-state index is 13.4. The predicted octanol–water partition coefficient (Wildman–Crippen LogP) is 4.05. The second-order valence-corrected chi connectivity index (χ2v) is 4.64. The molecule has 2 heterocycles. The van der Waals surface area contributed by atoms with Crippen molar-refractivity contribution in [1.82, 2.24) is 9.97 Å². The van der Waals surface area contributed by atoms with Gasteiger partial charge in [0, 0.05) is 18.1 Å². The fraction of sp³-hybridized carbons (Fsp3) is 0.0714. The molecule has 22 heavy (non-hydrogen) atoms. The van der Waals surface area contributed by atoms with E-state index in [1.54, 1.807) is 0 Å². The number of hydrogen-bond donors (Lipinski definition) is 3. The molecule has 8 heteroatoms. The van der Waals surface area contributed by atoms with Gasteiger partial charge in [0.05, 0.1) is 22.3 Å². The molecule has 0 spiro atoms. The molecule has 0 aliphatic rings. The van der Waals surface area contributed by atoms with Crippen LogP contribution in [0.4, 0.5) is 34.6 Å². The molecule has 114 valence electrons. The molecular weight excluding hydrogens is 300 g/mol. The van der Waals surface area contributed by atoms with Gasteiger partial charge in [-0.2, -0.15) is 13.2 Å². The van der Waals surface area contributed by atoms with E-state index in [9.17, 15) is 17.6 Å². The maximum atomic E-state index is 13.4. The van der Waals surface area contributed by atoms with Gasteiger partial charge in [0.25, 0.3) is 0 Å². The molecular formula is C14H10F4N4. The summed E-state index contributed by atoms with van der Waals surface area (Å²) < 4.78 is 52.5. The van der Waals surface area contributed by atoms with Crippen molar-refractivity contribution in [3.05, 3.63) is 48.0 Å². The Kier molecular flexibility index (Phi) is 3.16. The maximum Gasteiger partial charge on any atom is 0.418 e. The first-order chi connectivity index (χ1) is 10.4. The molecule has 2 aromatic heterocycles. The van der Waals surface area contributed by atoms with Crippen molar-refractivity contribution >= 4 is 28.1 Å². The molecule has 0 saturated carbocycles. The van der Waals surface area contributed by atoms with Crippen molar-refractivity contribution in [2.45, 2.75) is 6.18 Å². The van der Waals surface area contributed by atoms with Gasteiger partial charge in [-0.1, -0.05) is 0 Å². The minimum absolute atomic E-state index is 0.0388. The molecule has 3 aromatic rings. The van der Waals surface area contributed by atoms with Gasteiger partial charge in [0.2, 0.25) is 0 Å². The number of halogens is 4. The third kappa shape index (κ3) is 2.43. The molecule has 1 aromatic carbocycles. The van der Waals surface area contributed by atoms with E-state index in [-0.39, 0.29) is 28.1 Å². The minimum Gasteiger partial charge on any atom is -0.396 e. The van der Waals surface area contributed by atoms with E-state index in [0.717, 1.165) is 12.3 Å². The molecule has 0 aliphatic heterocycles. The topological polar surface area (TPSA) is 66.7 Å². The van der Waals surface area contributed by atoms with Gasteiger partial charge in [-0.15, -0.1) is 0 Å². The zero-order valence-corrected chi connectivity index (χ0v) is 11.0. The van der Waals surface area contributed by atoms with E-state index in [1.807, 2.05) is 0 Å². The average molecular weight is 310 g/mol. The Morgan fingerprint density at radius 3 is 2.64 bits per heavy atom. The molecule has 0 saturated heterocycles. The van der Waals surface area contributed by atoms with Gasteiger partial charge in [-0.3, -0.25) is 0 Å². The highest BCUT2D eigenvalue weighted by Crippen LogP contribution is 2.38. The van der Waals surface area contributed by atoms with Crippen LogP contribution in [0.3, 0.4) is 0 Å². The number of nitrogens with zero attached hydrogens (tertiary/aromatic N) is 1.